The maximum absolute atomic E-state index is 13.5. The number of hydrogen-bond acceptors (Lipinski definition) is 4. The van der Waals surface area contributed by atoms with E-state index in [1.165, 1.54) is 9.21 Å². The molecule has 2 aromatic carbocycles. The largest absolute Gasteiger partial charge is 0.352 e. The summed E-state index contributed by atoms with van der Waals surface area (Å²) in [6.45, 7) is 3.83. The van der Waals surface area contributed by atoms with E-state index in [-0.39, 0.29) is 43.8 Å². The topological polar surface area (TPSA) is 86.8 Å². The van der Waals surface area contributed by atoms with Gasteiger partial charge in [-0.15, -0.1) is 0 Å². The summed E-state index contributed by atoms with van der Waals surface area (Å²) in [6, 6.07) is 11.7. The zero-order valence-corrected chi connectivity index (χ0v) is 23.9. The number of aryl methyl sites for hydroxylation is 1. The Morgan fingerprint density at radius 2 is 1.65 bits per heavy atom. The number of nitrogens with one attached hydrogen (secondary N) is 1. The molecule has 1 aliphatic rings. The summed E-state index contributed by atoms with van der Waals surface area (Å²) in [6.07, 6.45) is 5.51. The van der Waals surface area contributed by atoms with Gasteiger partial charge in [-0.3, -0.25) is 13.9 Å². The van der Waals surface area contributed by atoms with Gasteiger partial charge in [-0.1, -0.05) is 59.8 Å². The lowest BCUT2D eigenvalue weighted by Crippen LogP contribution is -2.49. The monoisotopic (exact) mass is 567 g/mol. The van der Waals surface area contributed by atoms with Gasteiger partial charge in [0.05, 0.1) is 11.9 Å². The molecule has 1 N–H and O–H groups in total. The molecule has 0 saturated heterocycles. The van der Waals surface area contributed by atoms with Crippen molar-refractivity contribution in [3.05, 3.63) is 63.6 Å². The molecule has 10 heteroatoms. The Hall–Kier alpha value is -2.29. The van der Waals surface area contributed by atoms with Gasteiger partial charge in [0.2, 0.25) is 21.8 Å². The first kappa shape index (κ1) is 29.3. The van der Waals surface area contributed by atoms with Gasteiger partial charge in [-0.2, -0.15) is 0 Å². The van der Waals surface area contributed by atoms with Crippen molar-refractivity contribution in [1.82, 2.24) is 10.2 Å². The lowest BCUT2D eigenvalue weighted by molar-refractivity contribution is -0.140. The van der Waals surface area contributed by atoms with E-state index in [9.17, 15) is 18.0 Å². The Morgan fingerprint density at radius 3 is 2.22 bits per heavy atom. The van der Waals surface area contributed by atoms with Gasteiger partial charge in [0.15, 0.2) is 0 Å². The van der Waals surface area contributed by atoms with Gasteiger partial charge < -0.3 is 10.2 Å². The van der Waals surface area contributed by atoms with Crippen molar-refractivity contribution in [2.24, 2.45) is 0 Å². The van der Waals surface area contributed by atoms with Crippen molar-refractivity contribution in [3.63, 3.8) is 0 Å². The number of nitrogens with zero attached hydrogens (tertiary/aromatic N) is 2. The van der Waals surface area contributed by atoms with Crippen LogP contribution >= 0.6 is 23.2 Å². The smallest absolute Gasteiger partial charge is 0.242 e. The average molecular weight is 569 g/mol. The molecule has 1 fully saturated rings. The molecule has 1 saturated carbocycles. The van der Waals surface area contributed by atoms with Crippen LogP contribution < -0.4 is 9.62 Å². The molecule has 0 aromatic heterocycles. The van der Waals surface area contributed by atoms with Crippen molar-refractivity contribution in [2.45, 2.75) is 71.0 Å². The first-order valence-electron chi connectivity index (χ1n) is 12.5. The summed E-state index contributed by atoms with van der Waals surface area (Å²) in [5, 5.41) is 3.89. The van der Waals surface area contributed by atoms with Crippen molar-refractivity contribution >= 4 is 50.7 Å². The number of halogens is 2. The lowest BCUT2D eigenvalue weighted by atomic mass is 10.1. The first-order valence-corrected chi connectivity index (χ1v) is 15.1. The molecule has 0 radical (unpaired) electrons. The highest BCUT2D eigenvalue weighted by Gasteiger charge is 2.29. The van der Waals surface area contributed by atoms with Crippen LogP contribution in [0.1, 0.15) is 56.6 Å². The Morgan fingerprint density at radius 1 is 1.05 bits per heavy atom. The second-order valence-corrected chi connectivity index (χ2v) is 12.4. The molecule has 7 nitrogen and oxygen atoms in total. The van der Waals surface area contributed by atoms with E-state index >= 15 is 0 Å². The average Bonchev–Trinajstić information content (AvgIpc) is 3.34. The first-order chi connectivity index (χ1) is 17.5. The fraction of sp³-hybridized carbons (Fsp3) is 0.481. The minimum atomic E-state index is -3.54. The highest BCUT2D eigenvalue weighted by Crippen LogP contribution is 2.27. The quantitative estimate of drug-likeness (QED) is 0.398. The Bertz CT molecular complexity index is 1180. The number of anilines is 1. The van der Waals surface area contributed by atoms with E-state index in [4.69, 9.17) is 23.2 Å². The standard InChI is InChI=1S/C27H35Cl2N3O4S/c1-19-13-15-22(16-14-19)32(37(3,35)36)17-7-12-26(33)31(18-23-24(28)10-6-11-25(23)29)20(2)27(34)30-21-8-4-5-9-21/h6,10-11,13-16,20-21H,4-5,7-9,12,17-18H2,1-3H3,(H,30,34)/t20-/m1/s1. The Labute approximate surface area is 230 Å². The Kier molecular flexibility index (Phi) is 10.3. The molecular weight excluding hydrogens is 533 g/mol. The van der Waals surface area contributed by atoms with Crippen LogP contribution in [0.3, 0.4) is 0 Å². The number of hydrogen-bond donors (Lipinski definition) is 1. The van der Waals surface area contributed by atoms with Crippen LogP contribution in [0.25, 0.3) is 0 Å². The summed E-state index contributed by atoms with van der Waals surface area (Å²) in [5.74, 6) is -0.497. The summed E-state index contributed by atoms with van der Waals surface area (Å²) in [7, 11) is -3.54. The third kappa shape index (κ3) is 8.09. The van der Waals surface area contributed by atoms with Crippen molar-refractivity contribution in [2.75, 3.05) is 17.1 Å². The molecule has 202 valence electrons. The molecule has 1 atom stereocenters. The van der Waals surface area contributed by atoms with Crippen molar-refractivity contribution in [3.8, 4) is 0 Å². The number of carbonyl (C=O) groups excluding carboxylic acids is 2. The number of amides is 2. The molecule has 37 heavy (non-hydrogen) atoms. The predicted octanol–water partition coefficient (Wildman–Crippen LogP) is 5.32. The van der Waals surface area contributed by atoms with Gasteiger partial charge in [0, 0.05) is 41.2 Å². The summed E-state index contributed by atoms with van der Waals surface area (Å²) >= 11 is 12.8. The maximum atomic E-state index is 13.5. The normalized spacial score (nSPS) is 14.8. The van der Waals surface area contributed by atoms with Crippen LogP contribution in [0, 0.1) is 6.92 Å². The van der Waals surface area contributed by atoms with E-state index in [1.54, 1.807) is 37.3 Å². The summed E-state index contributed by atoms with van der Waals surface area (Å²) < 4.78 is 26.2. The summed E-state index contributed by atoms with van der Waals surface area (Å²) in [4.78, 5) is 28.0. The SMILES string of the molecule is Cc1ccc(N(CCCC(=O)N(Cc2c(Cl)cccc2Cl)[C@H](C)C(=O)NC2CCCC2)S(C)(=O)=O)cc1. The van der Waals surface area contributed by atoms with Crippen LogP contribution in [-0.2, 0) is 26.2 Å². The number of carbonyl (C=O) groups is 2. The number of rotatable bonds is 11. The minimum absolute atomic E-state index is 0.0565. The fourth-order valence-corrected chi connectivity index (χ4v) is 6.03. The highest BCUT2D eigenvalue weighted by atomic mass is 35.5. The molecule has 0 bridgehead atoms. The Balaban J connectivity index is 1.75. The van der Waals surface area contributed by atoms with E-state index < -0.39 is 16.1 Å². The molecule has 3 rings (SSSR count). The highest BCUT2D eigenvalue weighted by molar-refractivity contribution is 7.92. The van der Waals surface area contributed by atoms with Gasteiger partial charge in [-0.25, -0.2) is 8.42 Å². The van der Waals surface area contributed by atoms with E-state index in [2.05, 4.69) is 5.32 Å². The van der Waals surface area contributed by atoms with E-state index in [0.717, 1.165) is 37.5 Å². The second kappa shape index (κ2) is 13.0. The zero-order chi connectivity index (χ0) is 27.2. The third-order valence-corrected chi connectivity index (χ3v) is 8.64. The zero-order valence-electron chi connectivity index (χ0n) is 21.5. The van der Waals surface area contributed by atoms with Gasteiger partial charge in [0.25, 0.3) is 0 Å². The third-order valence-electron chi connectivity index (χ3n) is 6.73. The van der Waals surface area contributed by atoms with Crippen molar-refractivity contribution < 1.29 is 18.0 Å². The van der Waals surface area contributed by atoms with Crippen LogP contribution in [0.2, 0.25) is 10.0 Å². The molecule has 2 amide bonds. The molecular formula is C27H35Cl2N3O4S. The number of sulfonamides is 1. The molecule has 0 spiro atoms. The molecule has 0 aliphatic heterocycles. The van der Waals surface area contributed by atoms with Crippen LogP contribution in [0.4, 0.5) is 5.69 Å². The maximum Gasteiger partial charge on any atom is 0.242 e. The molecule has 1 aliphatic carbocycles. The number of benzene rings is 2. The van der Waals surface area contributed by atoms with E-state index in [0.29, 0.717) is 21.3 Å². The van der Waals surface area contributed by atoms with Crippen LogP contribution in [0.15, 0.2) is 42.5 Å². The van der Waals surface area contributed by atoms with E-state index in [1.807, 2.05) is 19.1 Å². The van der Waals surface area contributed by atoms with Gasteiger partial charge in [0.1, 0.15) is 6.04 Å². The van der Waals surface area contributed by atoms with Gasteiger partial charge in [-0.05, 0) is 57.4 Å². The van der Waals surface area contributed by atoms with Crippen molar-refractivity contribution in [1.29, 1.82) is 0 Å². The second-order valence-electron chi connectivity index (χ2n) is 9.66. The summed E-state index contributed by atoms with van der Waals surface area (Å²) in [5.41, 5.74) is 2.13. The van der Waals surface area contributed by atoms with Crippen LogP contribution in [0.5, 0.6) is 0 Å². The molecule has 2 aromatic rings. The molecule has 0 unspecified atom stereocenters. The fourth-order valence-electron chi connectivity index (χ4n) is 4.54. The minimum Gasteiger partial charge on any atom is -0.352 e. The lowest BCUT2D eigenvalue weighted by Gasteiger charge is -2.30. The molecule has 0 heterocycles. The predicted molar refractivity (Wildman–Crippen MR) is 149 cm³/mol. The van der Waals surface area contributed by atoms with Crippen LogP contribution in [-0.4, -0.2) is 50.0 Å². The van der Waals surface area contributed by atoms with Gasteiger partial charge >= 0.3 is 0 Å².